The Morgan fingerprint density at radius 2 is 2.23 bits per heavy atom. The second-order valence-electron chi connectivity index (χ2n) is 6.55. The first kappa shape index (κ1) is 15.9. The summed E-state index contributed by atoms with van der Waals surface area (Å²) in [6.45, 7) is 8.50. The lowest BCUT2D eigenvalue weighted by molar-refractivity contribution is 0.00920. The molecule has 22 heavy (non-hydrogen) atoms. The van der Waals surface area contributed by atoms with Gasteiger partial charge in [-0.05, 0) is 32.2 Å². The minimum atomic E-state index is 0.280. The maximum atomic E-state index is 5.78. The highest BCUT2D eigenvalue weighted by Gasteiger charge is 2.30. The van der Waals surface area contributed by atoms with Gasteiger partial charge in [-0.3, -0.25) is 4.90 Å². The number of hydrogen-bond acceptors (Lipinski definition) is 6. The van der Waals surface area contributed by atoms with Gasteiger partial charge in [0.2, 0.25) is 5.89 Å². The summed E-state index contributed by atoms with van der Waals surface area (Å²) in [6.07, 6.45) is 4.89. The summed E-state index contributed by atoms with van der Waals surface area (Å²) in [6, 6.07) is 0.280. The van der Waals surface area contributed by atoms with Gasteiger partial charge in [0.15, 0.2) is 5.82 Å². The van der Waals surface area contributed by atoms with Crippen LogP contribution in [0, 0.1) is 0 Å². The van der Waals surface area contributed by atoms with Crippen molar-refractivity contribution in [2.75, 3.05) is 32.9 Å². The zero-order valence-electron chi connectivity index (χ0n) is 13.7. The van der Waals surface area contributed by atoms with Crippen LogP contribution in [-0.2, 0) is 9.47 Å². The fraction of sp³-hybridized carbons (Fsp3) is 0.875. The monoisotopic (exact) mass is 309 g/mol. The standard InChI is InChI=1S/C16H27N3O3/c1-12(2)16-17-15(18-22-16)14-6-3-7-19(14)8-10-20-11-13-5-4-9-21-13/h12-14H,3-11H2,1-2H3/t13-,14+/m0/s1. The number of rotatable bonds is 7. The summed E-state index contributed by atoms with van der Waals surface area (Å²) in [5.41, 5.74) is 0. The molecular formula is C16H27N3O3. The van der Waals surface area contributed by atoms with Gasteiger partial charge in [0.05, 0.1) is 25.4 Å². The van der Waals surface area contributed by atoms with E-state index in [0.29, 0.717) is 6.10 Å². The van der Waals surface area contributed by atoms with Gasteiger partial charge >= 0.3 is 0 Å². The predicted molar refractivity (Wildman–Crippen MR) is 81.7 cm³/mol. The molecule has 3 heterocycles. The molecule has 0 saturated carbocycles. The second kappa shape index (κ2) is 7.53. The van der Waals surface area contributed by atoms with Crippen LogP contribution in [0.3, 0.4) is 0 Å². The van der Waals surface area contributed by atoms with Crippen LogP contribution in [0.2, 0.25) is 0 Å². The third kappa shape index (κ3) is 3.86. The Hall–Kier alpha value is -0.980. The number of nitrogens with zero attached hydrogens (tertiary/aromatic N) is 3. The first-order valence-corrected chi connectivity index (χ1v) is 8.51. The molecule has 0 amide bonds. The minimum absolute atomic E-state index is 0.280. The molecule has 0 radical (unpaired) electrons. The minimum Gasteiger partial charge on any atom is -0.377 e. The van der Waals surface area contributed by atoms with E-state index in [1.165, 1.54) is 6.42 Å². The molecule has 0 spiro atoms. The molecule has 6 heteroatoms. The third-order valence-electron chi connectivity index (χ3n) is 4.46. The highest BCUT2D eigenvalue weighted by atomic mass is 16.5. The maximum Gasteiger partial charge on any atom is 0.229 e. The van der Waals surface area contributed by atoms with Gasteiger partial charge in [-0.15, -0.1) is 0 Å². The van der Waals surface area contributed by atoms with Crippen LogP contribution in [0.15, 0.2) is 4.52 Å². The van der Waals surface area contributed by atoms with E-state index in [-0.39, 0.29) is 12.0 Å². The SMILES string of the molecule is CC(C)c1nc([C@H]2CCCN2CCOC[C@@H]2CCCO2)no1. The zero-order chi connectivity index (χ0) is 15.4. The lowest BCUT2D eigenvalue weighted by Gasteiger charge is -2.22. The molecule has 3 rings (SSSR count). The molecule has 124 valence electrons. The fourth-order valence-corrected chi connectivity index (χ4v) is 3.18. The van der Waals surface area contributed by atoms with Crippen molar-refractivity contribution in [1.82, 2.24) is 15.0 Å². The molecule has 6 nitrogen and oxygen atoms in total. The molecule has 0 unspecified atom stereocenters. The van der Waals surface area contributed by atoms with E-state index < -0.39 is 0 Å². The molecule has 2 saturated heterocycles. The van der Waals surface area contributed by atoms with E-state index >= 15 is 0 Å². The lowest BCUT2D eigenvalue weighted by atomic mass is 10.2. The van der Waals surface area contributed by atoms with Crippen LogP contribution >= 0.6 is 0 Å². The predicted octanol–water partition coefficient (Wildman–Crippen LogP) is 2.53. The van der Waals surface area contributed by atoms with Crippen LogP contribution in [0.1, 0.15) is 63.2 Å². The quantitative estimate of drug-likeness (QED) is 0.721. The van der Waals surface area contributed by atoms with Gasteiger partial charge in [0, 0.05) is 19.1 Å². The van der Waals surface area contributed by atoms with Gasteiger partial charge in [-0.25, -0.2) is 0 Å². The van der Waals surface area contributed by atoms with Crippen molar-refractivity contribution >= 4 is 0 Å². The summed E-state index contributed by atoms with van der Waals surface area (Å²) in [4.78, 5) is 6.96. The number of likely N-dealkylation sites (tertiary alicyclic amines) is 1. The van der Waals surface area contributed by atoms with Gasteiger partial charge in [0.25, 0.3) is 0 Å². The smallest absolute Gasteiger partial charge is 0.229 e. The molecule has 2 atom stereocenters. The largest absolute Gasteiger partial charge is 0.377 e. The van der Waals surface area contributed by atoms with E-state index in [1.807, 2.05) is 0 Å². The Bertz CT molecular complexity index is 457. The number of aromatic nitrogens is 2. The van der Waals surface area contributed by atoms with Crippen molar-refractivity contribution in [3.05, 3.63) is 11.7 Å². The molecule has 2 aliphatic heterocycles. The van der Waals surface area contributed by atoms with E-state index in [9.17, 15) is 0 Å². The summed E-state index contributed by atoms with van der Waals surface area (Å²) < 4.78 is 16.7. The molecule has 2 fully saturated rings. The fourth-order valence-electron chi connectivity index (χ4n) is 3.18. The second-order valence-corrected chi connectivity index (χ2v) is 6.55. The van der Waals surface area contributed by atoms with Gasteiger partial charge in [-0.2, -0.15) is 4.98 Å². The highest BCUT2D eigenvalue weighted by Crippen LogP contribution is 2.30. The van der Waals surface area contributed by atoms with Crippen LogP contribution < -0.4 is 0 Å². The molecule has 1 aromatic rings. The van der Waals surface area contributed by atoms with E-state index in [0.717, 1.165) is 63.9 Å². The summed E-state index contributed by atoms with van der Waals surface area (Å²) in [5, 5.41) is 4.17. The van der Waals surface area contributed by atoms with Crippen molar-refractivity contribution < 1.29 is 14.0 Å². The van der Waals surface area contributed by atoms with Crippen molar-refractivity contribution in [3.8, 4) is 0 Å². The normalized spacial score (nSPS) is 26.3. The van der Waals surface area contributed by atoms with Crippen LogP contribution in [0.5, 0.6) is 0 Å². The third-order valence-corrected chi connectivity index (χ3v) is 4.46. The summed E-state index contributed by atoms with van der Waals surface area (Å²) in [7, 11) is 0. The van der Waals surface area contributed by atoms with E-state index in [4.69, 9.17) is 14.0 Å². The average Bonchev–Trinajstić information content (AvgIpc) is 3.23. The van der Waals surface area contributed by atoms with E-state index in [1.54, 1.807) is 0 Å². The molecule has 2 aliphatic rings. The summed E-state index contributed by atoms with van der Waals surface area (Å²) in [5.74, 6) is 1.85. The molecule has 0 bridgehead atoms. The Morgan fingerprint density at radius 3 is 2.95 bits per heavy atom. The summed E-state index contributed by atoms with van der Waals surface area (Å²) >= 11 is 0. The first-order valence-electron chi connectivity index (χ1n) is 8.51. The van der Waals surface area contributed by atoms with E-state index in [2.05, 4.69) is 28.9 Å². The van der Waals surface area contributed by atoms with Gasteiger partial charge in [-0.1, -0.05) is 19.0 Å². The molecule has 0 aromatic carbocycles. The molecular weight excluding hydrogens is 282 g/mol. The zero-order valence-corrected chi connectivity index (χ0v) is 13.7. The Morgan fingerprint density at radius 1 is 1.32 bits per heavy atom. The first-order chi connectivity index (χ1) is 10.7. The molecule has 1 aromatic heterocycles. The topological polar surface area (TPSA) is 60.6 Å². The average molecular weight is 309 g/mol. The highest BCUT2D eigenvalue weighted by molar-refractivity contribution is 4.99. The van der Waals surface area contributed by atoms with Crippen LogP contribution in [0.25, 0.3) is 0 Å². The molecule has 0 aliphatic carbocycles. The number of hydrogen-bond donors (Lipinski definition) is 0. The van der Waals surface area contributed by atoms with Crippen molar-refractivity contribution in [2.45, 2.75) is 57.6 Å². The van der Waals surface area contributed by atoms with Gasteiger partial charge in [0.1, 0.15) is 0 Å². The Labute approximate surface area is 132 Å². The lowest BCUT2D eigenvalue weighted by Crippen LogP contribution is -2.29. The van der Waals surface area contributed by atoms with Crippen LogP contribution in [0.4, 0.5) is 0 Å². The van der Waals surface area contributed by atoms with Crippen molar-refractivity contribution in [3.63, 3.8) is 0 Å². The number of ether oxygens (including phenoxy) is 2. The van der Waals surface area contributed by atoms with Crippen molar-refractivity contribution in [1.29, 1.82) is 0 Å². The maximum absolute atomic E-state index is 5.78. The van der Waals surface area contributed by atoms with Crippen molar-refractivity contribution in [2.24, 2.45) is 0 Å². The molecule has 0 N–H and O–H groups in total. The van der Waals surface area contributed by atoms with Gasteiger partial charge < -0.3 is 14.0 Å². The van der Waals surface area contributed by atoms with Crippen LogP contribution in [-0.4, -0.2) is 54.1 Å². The Kier molecular flexibility index (Phi) is 5.44. The Balaban J connectivity index is 1.45.